The molecule has 0 fully saturated rings. The third-order valence-electron chi connectivity index (χ3n) is 3.45. The van der Waals surface area contributed by atoms with Gasteiger partial charge >= 0.3 is 0 Å². The second-order valence-electron chi connectivity index (χ2n) is 5.11. The quantitative estimate of drug-likeness (QED) is 0.907. The highest BCUT2D eigenvalue weighted by molar-refractivity contribution is 5.37. The van der Waals surface area contributed by atoms with E-state index in [-0.39, 0.29) is 6.10 Å². The highest BCUT2D eigenvalue weighted by Gasteiger charge is 2.28. The number of nitrogens with zero attached hydrogens (tertiary/aromatic N) is 2. The molecule has 0 radical (unpaired) electrons. The predicted octanol–water partition coefficient (Wildman–Crippen LogP) is 2.45. The van der Waals surface area contributed by atoms with E-state index < -0.39 is 6.10 Å². The third kappa shape index (κ3) is 2.67. The maximum absolute atomic E-state index is 9.76. The van der Waals surface area contributed by atoms with Crippen LogP contribution in [-0.4, -0.2) is 21.4 Å². The molecule has 1 aromatic carbocycles. The van der Waals surface area contributed by atoms with Gasteiger partial charge in [0.05, 0.1) is 12.5 Å². The summed E-state index contributed by atoms with van der Waals surface area (Å²) in [5.74, 6) is 1.91. The van der Waals surface area contributed by atoms with E-state index in [9.17, 15) is 5.11 Å². The molecule has 2 aromatic rings. The van der Waals surface area contributed by atoms with Gasteiger partial charge in [-0.15, -0.1) is 0 Å². The van der Waals surface area contributed by atoms with Gasteiger partial charge in [-0.25, -0.2) is 0 Å². The molecular formula is C15H18N2O3. The Bertz CT molecular complexity index is 557. The van der Waals surface area contributed by atoms with E-state index in [0.29, 0.717) is 18.1 Å². The van der Waals surface area contributed by atoms with Gasteiger partial charge in [0.15, 0.2) is 6.10 Å². The SMILES string of the molecule is CCCC(O)Cc1nc(C2Cc3ccccc3O2)no1. The van der Waals surface area contributed by atoms with Crippen LogP contribution < -0.4 is 4.74 Å². The van der Waals surface area contributed by atoms with Crippen LogP contribution in [-0.2, 0) is 12.8 Å². The summed E-state index contributed by atoms with van der Waals surface area (Å²) in [6.07, 6.45) is 2.22. The Hall–Kier alpha value is -1.88. The number of hydrogen-bond donors (Lipinski definition) is 1. The lowest BCUT2D eigenvalue weighted by molar-refractivity contribution is 0.151. The van der Waals surface area contributed by atoms with Crippen molar-refractivity contribution >= 4 is 0 Å². The summed E-state index contributed by atoms with van der Waals surface area (Å²) in [4.78, 5) is 4.33. The molecule has 106 valence electrons. The van der Waals surface area contributed by atoms with Gasteiger partial charge in [0.25, 0.3) is 0 Å². The van der Waals surface area contributed by atoms with Crippen molar-refractivity contribution in [2.45, 2.75) is 44.8 Å². The van der Waals surface area contributed by atoms with Gasteiger partial charge in [-0.05, 0) is 18.1 Å². The molecule has 2 heterocycles. The second-order valence-corrected chi connectivity index (χ2v) is 5.11. The molecule has 0 aliphatic carbocycles. The van der Waals surface area contributed by atoms with E-state index in [1.54, 1.807) is 0 Å². The highest BCUT2D eigenvalue weighted by atomic mass is 16.5. The summed E-state index contributed by atoms with van der Waals surface area (Å²) in [5, 5.41) is 13.7. The number of fused-ring (bicyclic) bond motifs is 1. The molecule has 0 amide bonds. The van der Waals surface area contributed by atoms with Crippen LogP contribution in [0.5, 0.6) is 5.75 Å². The topological polar surface area (TPSA) is 68.4 Å². The van der Waals surface area contributed by atoms with Crippen LogP contribution in [0.2, 0.25) is 0 Å². The van der Waals surface area contributed by atoms with Gasteiger partial charge in [-0.2, -0.15) is 4.98 Å². The zero-order chi connectivity index (χ0) is 13.9. The molecular weight excluding hydrogens is 256 g/mol. The normalized spacial score (nSPS) is 18.6. The van der Waals surface area contributed by atoms with Gasteiger partial charge in [0.1, 0.15) is 5.75 Å². The van der Waals surface area contributed by atoms with E-state index in [4.69, 9.17) is 9.26 Å². The monoisotopic (exact) mass is 274 g/mol. The molecule has 0 spiro atoms. The average Bonchev–Trinajstić information content (AvgIpc) is 3.04. The summed E-state index contributed by atoms with van der Waals surface area (Å²) in [7, 11) is 0. The summed E-state index contributed by atoms with van der Waals surface area (Å²) < 4.78 is 11.0. The first-order chi connectivity index (χ1) is 9.76. The molecule has 5 heteroatoms. The number of aromatic nitrogens is 2. The molecule has 2 atom stereocenters. The van der Waals surface area contributed by atoms with Crippen LogP contribution in [0.3, 0.4) is 0 Å². The lowest BCUT2D eigenvalue weighted by Crippen LogP contribution is -2.10. The minimum atomic E-state index is -0.421. The molecule has 2 unspecified atom stereocenters. The van der Waals surface area contributed by atoms with E-state index >= 15 is 0 Å². The fourth-order valence-corrected chi connectivity index (χ4v) is 2.44. The molecule has 1 aliphatic heterocycles. The van der Waals surface area contributed by atoms with E-state index in [1.807, 2.05) is 31.2 Å². The summed E-state index contributed by atoms with van der Waals surface area (Å²) >= 11 is 0. The zero-order valence-electron chi connectivity index (χ0n) is 11.5. The van der Waals surface area contributed by atoms with E-state index in [2.05, 4.69) is 10.1 Å². The van der Waals surface area contributed by atoms with Crippen LogP contribution in [0.15, 0.2) is 28.8 Å². The van der Waals surface area contributed by atoms with Crippen molar-refractivity contribution in [1.29, 1.82) is 0 Å². The van der Waals surface area contributed by atoms with Crippen LogP contribution in [0.25, 0.3) is 0 Å². The number of hydrogen-bond acceptors (Lipinski definition) is 5. The fourth-order valence-electron chi connectivity index (χ4n) is 2.44. The van der Waals surface area contributed by atoms with Crippen molar-refractivity contribution in [3.63, 3.8) is 0 Å². The van der Waals surface area contributed by atoms with Crippen LogP contribution >= 0.6 is 0 Å². The Kier molecular flexibility index (Phi) is 3.69. The smallest absolute Gasteiger partial charge is 0.229 e. The Morgan fingerprint density at radius 3 is 3.05 bits per heavy atom. The maximum atomic E-state index is 9.76. The standard InChI is InChI=1S/C15H18N2O3/c1-2-5-11(18)9-14-16-15(17-20-14)13-8-10-6-3-4-7-12(10)19-13/h3-4,6-7,11,13,18H,2,5,8-9H2,1H3. The third-order valence-corrected chi connectivity index (χ3v) is 3.45. The molecule has 0 bridgehead atoms. The molecule has 1 aromatic heterocycles. The van der Waals surface area contributed by atoms with Gasteiger partial charge in [-0.1, -0.05) is 36.7 Å². The highest BCUT2D eigenvalue weighted by Crippen LogP contribution is 2.35. The Morgan fingerprint density at radius 2 is 2.25 bits per heavy atom. The molecule has 1 aliphatic rings. The van der Waals surface area contributed by atoms with Crippen molar-refractivity contribution < 1.29 is 14.4 Å². The minimum absolute atomic E-state index is 0.187. The number of ether oxygens (including phenoxy) is 1. The molecule has 20 heavy (non-hydrogen) atoms. The Labute approximate surface area is 117 Å². The lowest BCUT2D eigenvalue weighted by atomic mass is 10.1. The number of aliphatic hydroxyl groups is 1. The summed E-state index contributed by atoms with van der Waals surface area (Å²) in [5.41, 5.74) is 1.16. The molecule has 1 N–H and O–H groups in total. The number of benzene rings is 1. The van der Waals surface area contributed by atoms with Crippen molar-refractivity contribution in [2.24, 2.45) is 0 Å². The van der Waals surface area contributed by atoms with Crippen molar-refractivity contribution in [3.8, 4) is 5.75 Å². The van der Waals surface area contributed by atoms with Crippen LogP contribution in [0, 0.1) is 0 Å². The van der Waals surface area contributed by atoms with Gasteiger partial charge in [0, 0.05) is 6.42 Å². The van der Waals surface area contributed by atoms with Crippen LogP contribution in [0.4, 0.5) is 0 Å². The van der Waals surface area contributed by atoms with Crippen molar-refractivity contribution in [2.75, 3.05) is 0 Å². The van der Waals surface area contributed by atoms with Gasteiger partial charge in [0.2, 0.25) is 11.7 Å². The van der Waals surface area contributed by atoms with Gasteiger partial charge in [-0.3, -0.25) is 0 Å². The summed E-state index contributed by atoms with van der Waals surface area (Å²) in [6, 6.07) is 7.93. The largest absolute Gasteiger partial charge is 0.482 e. The van der Waals surface area contributed by atoms with Gasteiger partial charge < -0.3 is 14.4 Å². The Balaban J connectivity index is 1.67. The molecule has 3 rings (SSSR count). The van der Waals surface area contributed by atoms with Crippen molar-refractivity contribution in [3.05, 3.63) is 41.5 Å². The van der Waals surface area contributed by atoms with Crippen LogP contribution in [0.1, 0.15) is 43.1 Å². The first kappa shape index (κ1) is 13.1. The number of para-hydroxylation sites is 1. The molecule has 0 saturated carbocycles. The zero-order valence-corrected chi connectivity index (χ0v) is 11.5. The summed E-state index contributed by atoms with van der Waals surface area (Å²) in [6.45, 7) is 2.03. The first-order valence-corrected chi connectivity index (χ1v) is 7.01. The van der Waals surface area contributed by atoms with E-state index in [1.165, 1.54) is 0 Å². The van der Waals surface area contributed by atoms with E-state index in [0.717, 1.165) is 30.6 Å². The predicted molar refractivity (Wildman–Crippen MR) is 72.4 cm³/mol. The molecule has 5 nitrogen and oxygen atoms in total. The van der Waals surface area contributed by atoms with Crippen molar-refractivity contribution in [1.82, 2.24) is 10.1 Å². The minimum Gasteiger partial charge on any atom is -0.482 e. The average molecular weight is 274 g/mol. The first-order valence-electron chi connectivity index (χ1n) is 7.01. The number of aliphatic hydroxyl groups excluding tert-OH is 1. The second kappa shape index (κ2) is 5.63. The fraction of sp³-hybridized carbons (Fsp3) is 0.467. The molecule has 0 saturated heterocycles. The number of rotatable bonds is 5. The maximum Gasteiger partial charge on any atom is 0.229 e. The lowest BCUT2D eigenvalue weighted by Gasteiger charge is -2.05. The Morgan fingerprint density at radius 1 is 1.40 bits per heavy atom.